The first-order valence-corrected chi connectivity index (χ1v) is 5.68. The molecule has 1 aromatic rings. The zero-order valence-corrected chi connectivity index (χ0v) is 9.63. The van der Waals surface area contributed by atoms with E-state index < -0.39 is 0 Å². The van der Waals surface area contributed by atoms with E-state index in [0.717, 1.165) is 19.3 Å². The van der Waals surface area contributed by atoms with E-state index in [0.29, 0.717) is 17.4 Å². The van der Waals surface area contributed by atoms with E-state index >= 15 is 0 Å². The molecule has 0 aliphatic heterocycles. The van der Waals surface area contributed by atoms with Crippen LogP contribution in [-0.4, -0.2) is 17.4 Å². The van der Waals surface area contributed by atoms with Gasteiger partial charge in [0.2, 0.25) is 5.91 Å². The summed E-state index contributed by atoms with van der Waals surface area (Å²) >= 11 is 5.87. The minimum absolute atomic E-state index is 0.0452. The quantitative estimate of drug-likeness (QED) is 0.791. The summed E-state index contributed by atoms with van der Waals surface area (Å²) in [5.74, 6) is -0.0452. The Kier molecular flexibility index (Phi) is 3.12. The van der Waals surface area contributed by atoms with Crippen LogP contribution < -0.4 is 11.1 Å². The zero-order chi connectivity index (χ0) is 11.6. The van der Waals surface area contributed by atoms with Crippen LogP contribution in [0.4, 0.5) is 5.69 Å². The van der Waals surface area contributed by atoms with Gasteiger partial charge in [-0.05, 0) is 25.0 Å². The second kappa shape index (κ2) is 4.39. The van der Waals surface area contributed by atoms with Crippen molar-refractivity contribution in [2.24, 2.45) is 11.1 Å². The van der Waals surface area contributed by atoms with Crippen molar-refractivity contribution in [1.29, 1.82) is 0 Å². The third-order valence-electron chi connectivity index (χ3n) is 3.19. The second-order valence-corrected chi connectivity index (χ2v) is 4.49. The first-order chi connectivity index (χ1) is 7.68. The SMILES string of the molecule is NCC1(C(=O)Nc2cccnc2Cl)CCC1. The normalized spacial score (nSPS) is 17.6. The molecule has 0 unspecified atom stereocenters. The lowest BCUT2D eigenvalue weighted by atomic mass is 9.68. The van der Waals surface area contributed by atoms with Crippen LogP contribution >= 0.6 is 11.6 Å². The van der Waals surface area contributed by atoms with E-state index in [1.54, 1.807) is 18.3 Å². The first-order valence-electron chi connectivity index (χ1n) is 5.30. The van der Waals surface area contributed by atoms with Gasteiger partial charge in [0, 0.05) is 12.7 Å². The number of carbonyl (C=O) groups excluding carboxylic acids is 1. The lowest BCUT2D eigenvalue weighted by Crippen LogP contribution is -2.47. The van der Waals surface area contributed by atoms with Crippen molar-refractivity contribution < 1.29 is 4.79 Å². The van der Waals surface area contributed by atoms with Gasteiger partial charge in [0.1, 0.15) is 0 Å². The minimum Gasteiger partial charge on any atom is -0.329 e. The Balaban J connectivity index is 2.10. The summed E-state index contributed by atoms with van der Waals surface area (Å²) in [6.07, 6.45) is 4.35. The van der Waals surface area contributed by atoms with Gasteiger partial charge in [0.05, 0.1) is 11.1 Å². The zero-order valence-electron chi connectivity index (χ0n) is 8.87. The highest BCUT2D eigenvalue weighted by Crippen LogP contribution is 2.41. The van der Waals surface area contributed by atoms with Gasteiger partial charge >= 0.3 is 0 Å². The van der Waals surface area contributed by atoms with Gasteiger partial charge in [-0.25, -0.2) is 4.98 Å². The molecule has 1 aliphatic carbocycles. The molecule has 0 atom stereocenters. The Hall–Kier alpha value is -1.13. The highest BCUT2D eigenvalue weighted by Gasteiger charge is 2.42. The number of hydrogen-bond acceptors (Lipinski definition) is 3. The molecule has 0 bridgehead atoms. The predicted octanol–water partition coefficient (Wildman–Crippen LogP) is 1.80. The van der Waals surface area contributed by atoms with E-state index in [-0.39, 0.29) is 11.3 Å². The molecule has 2 rings (SSSR count). The second-order valence-electron chi connectivity index (χ2n) is 4.13. The molecule has 1 fully saturated rings. The molecule has 0 aromatic carbocycles. The summed E-state index contributed by atoms with van der Waals surface area (Å²) in [5.41, 5.74) is 5.81. The first kappa shape index (κ1) is 11.4. The molecular formula is C11H14ClN3O. The van der Waals surface area contributed by atoms with Gasteiger partial charge < -0.3 is 11.1 Å². The van der Waals surface area contributed by atoms with Crippen molar-refractivity contribution >= 4 is 23.2 Å². The van der Waals surface area contributed by atoms with Crippen molar-refractivity contribution in [2.75, 3.05) is 11.9 Å². The molecule has 0 radical (unpaired) electrons. The topological polar surface area (TPSA) is 68.0 Å². The Morgan fingerprint density at radius 3 is 2.88 bits per heavy atom. The van der Waals surface area contributed by atoms with E-state index in [4.69, 9.17) is 17.3 Å². The number of amides is 1. The van der Waals surface area contributed by atoms with Crippen LogP contribution in [-0.2, 0) is 4.79 Å². The van der Waals surface area contributed by atoms with Crippen molar-refractivity contribution in [3.05, 3.63) is 23.5 Å². The molecular weight excluding hydrogens is 226 g/mol. The van der Waals surface area contributed by atoms with Gasteiger partial charge in [-0.3, -0.25) is 4.79 Å². The van der Waals surface area contributed by atoms with Gasteiger partial charge in [-0.2, -0.15) is 0 Å². The minimum atomic E-state index is -0.390. The third-order valence-corrected chi connectivity index (χ3v) is 3.49. The molecule has 1 amide bonds. The molecule has 4 nitrogen and oxygen atoms in total. The number of nitrogens with two attached hydrogens (primary N) is 1. The maximum Gasteiger partial charge on any atom is 0.231 e. The summed E-state index contributed by atoms with van der Waals surface area (Å²) in [6.45, 7) is 0.386. The maximum atomic E-state index is 12.0. The summed E-state index contributed by atoms with van der Waals surface area (Å²) in [7, 11) is 0. The average Bonchev–Trinajstić information content (AvgIpc) is 2.21. The van der Waals surface area contributed by atoms with Crippen molar-refractivity contribution in [1.82, 2.24) is 4.98 Å². The molecule has 1 aromatic heterocycles. The smallest absolute Gasteiger partial charge is 0.231 e. The van der Waals surface area contributed by atoms with Crippen LogP contribution in [0.15, 0.2) is 18.3 Å². The van der Waals surface area contributed by atoms with Gasteiger partial charge in [-0.15, -0.1) is 0 Å². The summed E-state index contributed by atoms with van der Waals surface area (Å²) in [4.78, 5) is 15.9. The average molecular weight is 240 g/mol. The third kappa shape index (κ3) is 1.90. The van der Waals surface area contributed by atoms with Crippen LogP contribution in [0.5, 0.6) is 0 Å². The van der Waals surface area contributed by atoms with E-state index in [2.05, 4.69) is 10.3 Å². The lowest BCUT2D eigenvalue weighted by Gasteiger charge is -2.39. The van der Waals surface area contributed by atoms with Crippen LogP contribution in [0.3, 0.4) is 0 Å². The summed E-state index contributed by atoms with van der Waals surface area (Å²) in [6, 6.07) is 3.47. The fourth-order valence-corrected chi connectivity index (χ4v) is 2.03. The number of aromatic nitrogens is 1. The van der Waals surface area contributed by atoms with E-state index in [9.17, 15) is 4.79 Å². The molecule has 1 heterocycles. The highest BCUT2D eigenvalue weighted by molar-refractivity contribution is 6.32. The number of nitrogens with zero attached hydrogens (tertiary/aromatic N) is 1. The van der Waals surface area contributed by atoms with Crippen molar-refractivity contribution in [2.45, 2.75) is 19.3 Å². The van der Waals surface area contributed by atoms with Gasteiger partial charge in [-0.1, -0.05) is 18.0 Å². The molecule has 86 valence electrons. The number of hydrogen-bond donors (Lipinski definition) is 2. The number of rotatable bonds is 3. The standard InChI is InChI=1S/C11H14ClN3O/c12-9-8(3-1-6-14-9)15-10(16)11(7-13)4-2-5-11/h1,3,6H,2,4-5,7,13H2,(H,15,16). The van der Waals surface area contributed by atoms with Gasteiger partial charge in [0.25, 0.3) is 0 Å². The van der Waals surface area contributed by atoms with E-state index in [1.807, 2.05) is 0 Å². The number of carbonyl (C=O) groups is 1. The fourth-order valence-electron chi connectivity index (χ4n) is 1.86. The van der Waals surface area contributed by atoms with Crippen molar-refractivity contribution in [3.8, 4) is 0 Å². The molecule has 1 saturated carbocycles. The van der Waals surface area contributed by atoms with E-state index in [1.165, 1.54) is 0 Å². The van der Waals surface area contributed by atoms with Crippen LogP contribution in [0, 0.1) is 5.41 Å². The van der Waals surface area contributed by atoms with Crippen LogP contribution in [0.1, 0.15) is 19.3 Å². The Morgan fingerprint density at radius 2 is 2.38 bits per heavy atom. The maximum absolute atomic E-state index is 12.0. The van der Waals surface area contributed by atoms with Crippen LogP contribution in [0.25, 0.3) is 0 Å². The summed E-state index contributed by atoms with van der Waals surface area (Å²) < 4.78 is 0. The largest absolute Gasteiger partial charge is 0.329 e. The monoisotopic (exact) mass is 239 g/mol. The van der Waals surface area contributed by atoms with Gasteiger partial charge in [0.15, 0.2) is 5.15 Å². The Bertz CT molecular complexity index is 398. The molecule has 3 N–H and O–H groups in total. The van der Waals surface area contributed by atoms with Crippen LogP contribution in [0.2, 0.25) is 5.15 Å². The molecule has 16 heavy (non-hydrogen) atoms. The van der Waals surface area contributed by atoms with Crippen molar-refractivity contribution in [3.63, 3.8) is 0 Å². The number of pyridine rings is 1. The lowest BCUT2D eigenvalue weighted by molar-refractivity contribution is -0.129. The molecule has 5 heteroatoms. The Morgan fingerprint density at radius 1 is 1.62 bits per heavy atom. The molecule has 0 saturated heterocycles. The molecule has 0 spiro atoms. The fraction of sp³-hybridized carbons (Fsp3) is 0.455. The highest BCUT2D eigenvalue weighted by atomic mass is 35.5. The number of nitrogens with one attached hydrogen (secondary N) is 1. The summed E-state index contributed by atoms with van der Waals surface area (Å²) in [5, 5.41) is 3.10. The molecule has 1 aliphatic rings. The number of halogens is 1. The Labute approximate surface area is 99.2 Å². The predicted molar refractivity (Wildman–Crippen MR) is 63.2 cm³/mol. The number of anilines is 1.